The first-order chi connectivity index (χ1) is 13.6. The van der Waals surface area contributed by atoms with Crippen LogP contribution in [0.25, 0.3) is 0 Å². The zero-order valence-electron chi connectivity index (χ0n) is 14.9. The van der Waals surface area contributed by atoms with Crippen LogP contribution < -0.4 is 10.6 Å². The second-order valence-corrected chi connectivity index (χ2v) is 7.52. The summed E-state index contributed by atoms with van der Waals surface area (Å²) < 4.78 is 2.56. The number of benzene rings is 2. The molecule has 142 valence electrons. The maximum Gasteiger partial charge on any atom is 0.291 e. The highest BCUT2D eigenvalue weighted by atomic mass is 79.9. The Hall–Kier alpha value is -3.00. The molecule has 1 aliphatic heterocycles. The summed E-state index contributed by atoms with van der Waals surface area (Å²) in [6.07, 6.45) is 2.70. The second kappa shape index (κ2) is 7.93. The van der Waals surface area contributed by atoms with E-state index in [0.29, 0.717) is 19.4 Å². The van der Waals surface area contributed by atoms with Gasteiger partial charge in [-0.1, -0.05) is 46.3 Å². The maximum atomic E-state index is 12.5. The lowest BCUT2D eigenvalue weighted by Crippen LogP contribution is -2.43. The number of aromatic nitrogens is 3. The molecule has 1 aliphatic rings. The minimum absolute atomic E-state index is 0.0493. The number of anilines is 1. The third-order valence-electron chi connectivity index (χ3n) is 4.58. The number of nitrogens with one attached hydrogen (secondary N) is 2. The third-order valence-corrected chi connectivity index (χ3v) is 5.07. The van der Waals surface area contributed by atoms with Gasteiger partial charge in [0, 0.05) is 10.2 Å². The Labute approximate surface area is 170 Å². The fraction of sp³-hybridized carbons (Fsp3) is 0.200. The summed E-state index contributed by atoms with van der Waals surface area (Å²) in [5.74, 6) is -0.648. The number of carbonyl (C=O) groups excluding carboxylic acids is 2. The van der Waals surface area contributed by atoms with E-state index in [1.807, 2.05) is 48.5 Å². The lowest BCUT2D eigenvalue weighted by Gasteiger charge is -2.14. The van der Waals surface area contributed by atoms with Gasteiger partial charge in [0.15, 0.2) is 0 Å². The summed E-state index contributed by atoms with van der Waals surface area (Å²) in [5.41, 5.74) is 2.87. The molecule has 0 saturated carbocycles. The first-order valence-corrected chi connectivity index (χ1v) is 9.71. The van der Waals surface area contributed by atoms with E-state index < -0.39 is 11.9 Å². The first-order valence-electron chi connectivity index (χ1n) is 8.92. The summed E-state index contributed by atoms with van der Waals surface area (Å²) in [6.45, 7) is 0.523. The molecular formula is C20H18BrN5O2. The van der Waals surface area contributed by atoms with Crippen molar-refractivity contribution in [1.29, 1.82) is 0 Å². The van der Waals surface area contributed by atoms with E-state index in [0.717, 1.165) is 21.3 Å². The minimum atomic E-state index is -0.639. The molecule has 7 nitrogen and oxygen atoms in total. The van der Waals surface area contributed by atoms with Gasteiger partial charge in [-0.2, -0.15) is 0 Å². The van der Waals surface area contributed by atoms with Gasteiger partial charge in [-0.05, 0) is 42.2 Å². The standard InChI is InChI=1S/C20H18BrN5O2/c21-15-7-9-16-14(10-15)6-8-17(19(27)23-16)24-20(28)18-22-12-26(25-18)11-13-4-2-1-3-5-13/h1-5,7,9-10,12,17H,6,8,11H2,(H,23,27)(H,24,28). The molecule has 1 atom stereocenters. The molecule has 28 heavy (non-hydrogen) atoms. The molecule has 3 aromatic rings. The third kappa shape index (κ3) is 4.12. The van der Waals surface area contributed by atoms with Gasteiger partial charge in [0.05, 0.1) is 6.54 Å². The molecule has 2 aromatic carbocycles. The van der Waals surface area contributed by atoms with Crippen molar-refractivity contribution in [2.75, 3.05) is 5.32 Å². The van der Waals surface area contributed by atoms with Crippen molar-refractivity contribution in [2.45, 2.75) is 25.4 Å². The van der Waals surface area contributed by atoms with Crippen molar-refractivity contribution in [3.63, 3.8) is 0 Å². The van der Waals surface area contributed by atoms with E-state index in [1.165, 1.54) is 6.33 Å². The van der Waals surface area contributed by atoms with E-state index in [4.69, 9.17) is 0 Å². The maximum absolute atomic E-state index is 12.5. The fourth-order valence-corrected chi connectivity index (χ4v) is 3.56. The molecule has 0 aliphatic carbocycles. The molecule has 0 bridgehead atoms. The molecule has 0 spiro atoms. The average molecular weight is 440 g/mol. The van der Waals surface area contributed by atoms with Crippen LogP contribution in [0.3, 0.4) is 0 Å². The summed E-state index contributed by atoms with van der Waals surface area (Å²) in [7, 11) is 0. The van der Waals surface area contributed by atoms with Gasteiger partial charge in [0.25, 0.3) is 5.91 Å². The lowest BCUT2D eigenvalue weighted by molar-refractivity contribution is -0.118. The number of hydrogen-bond donors (Lipinski definition) is 2. The summed E-state index contributed by atoms with van der Waals surface area (Å²) in [5, 5.41) is 9.85. The van der Waals surface area contributed by atoms with Crippen molar-refractivity contribution < 1.29 is 9.59 Å². The second-order valence-electron chi connectivity index (χ2n) is 6.61. The summed E-state index contributed by atoms with van der Waals surface area (Å²) >= 11 is 3.44. The predicted octanol–water partition coefficient (Wildman–Crippen LogP) is 2.77. The fourth-order valence-electron chi connectivity index (χ4n) is 3.15. The highest BCUT2D eigenvalue weighted by Crippen LogP contribution is 2.25. The van der Waals surface area contributed by atoms with Gasteiger partial charge in [0.2, 0.25) is 11.7 Å². The molecule has 8 heteroatoms. The van der Waals surface area contributed by atoms with Crippen molar-refractivity contribution >= 4 is 33.4 Å². The van der Waals surface area contributed by atoms with E-state index in [-0.39, 0.29) is 11.7 Å². The van der Waals surface area contributed by atoms with Gasteiger partial charge in [-0.3, -0.25) is 9.59 Å². The van der Waals surface area contributed by atoms with E-state index in [9.17, 15) is 9.59 Å². The van der Waals surface area contributed by atoms with Crippen LogP contribution in [0.2, 0.25) is 0 Å². The number of amides is 2. The number of hydrogen-bond acceptors (Lipinski definition) is 4. The van der Waals surface area contributed by atoms with Crippen LogP contribution in [0.15, 0.2) is 59.3 Å². The van der Waals surface area contributed by atoms with Gasteiger partial charge >= 0.3 is 0 Å². The molecule has 1 aromatic heterocycles. The quantitative estimate of drug-likeness (QED) is 0.653. The van der Waals surface area contributed by atoms with Crippen LogP contribution >= 0.6 is 15.9 Å². The van der Waals surface area contributed by atoms with Gasteiger partial charge in [-0.25, -0.2) is 9.67 Å². The molecule has 1 unspecified atom stereocenters. The minimum Gasteiger partial charge on any atom is -0.337 e. The molecule has 4 rings (SSSR count). The smallest absolute Gasteiger partial charge is 0.291 e. The van der Waals surface area contributed by atoms with E-state index in [1.54, 1.807) is 4.68 Å². The Bertz CT molecular complexity index is 1020. The van der Waals surface area contributed by atoms with Crippen LogP contribution in [0.4, 0.5) is 5.69 Å². The Morgan fingerprint density at radius 3 is 2.89 bits per heavy atom. The number of halogens is 1. The Morgan fingerprint density at radius 2 is 2.07 bits per heavy atom. The average Bonchev–Trinajstić information content (AvgIpc) is 3.10. The van der Waals surface area contributed by atoms with Crippen LogP contribution in [0, 0.1) is 0 Å². The van der Waals surface area contributed by atoms with Crippen molar-refractivity contribution in [3.05, 3.63) is 76.3 Å². The number of nitrogens with zero attached hydrogens (tertiary/aromatic N) is 3. The normalized spacial score (nSPS) is 16.0. The van der Waals surface area contributed by atoms with Crippen LogP contribution in [-0.2, 0) is 17.8 Å². The molecule has 0 saturated heterocycles. The van der Waals surface area contributed by atoms with Crippen LogP contribution in [0.5, 0.6) is 0 Å². The Balaban J connectivity index is 1.42. The summed E-state index contributed by atoms with van der Waals surface area (Å²) in [6, 6.07) is 14.9. The topological polar surface area (TPSA) is 88.9 Å². The van der Waals surface area contributed by atoms with Gasteiger partial charge in [0.1, 0.15) is 12.4 Å². The number of carbonyl (C=O) groups is 2. The largest absolute Gasteiger partial charge is 0.337 e. The SMILES string of the molecule is O=C(NC1CCc2cc(Br)ccc2NC1=O)c1ncn(Cc2ccccc2)n1. The van der Waals surface area contributed by atoms with Crippen LogP contribution in [-0.4, -0.2) is 32.6 Å². The van der Waals surface area contributed by atoms with Crippen molar-refractivity contribution in [2.24, 2.45) is 0 Å². The Morgan fingerprint density at radius 1 is 1.25 bits per heavy atom. The zero-order chi connectivity index (χ0) is 19.5. The lowest BCUT2D eigenvalue weighted by atomic mass is 10.1. The predicted molar refractivity (Wildman–Crippen MR) is 108 cm³/mol. The highest BCUT2D eigenvalue weighted by molar-refractivity contribution is 9.10. The molecule has 2 amide bonds. The molecule has 0 radical (unpaired) electrons. The molecule has 0 fully saturated rings. The van der Waals surface area contributed by atoms with Gasteiger partial charge < -0.3 is 10.6 Å². The monoisotopic (exact) mass is 439 g/mol. The highest BCUT2D eigenvalue weighted by Gasteiger charge is 2.26. The number of rotatable bonds is 4. The van der Waals surface area contributed by atoms with E-state index >= 15 is 0 Å². The molecule has 2 heterocycles. The van der Waals surface area contributed by atoms with Gasteiger partial charge in [-0.15, -0.1) is 5.10 Å². The number of fused-ring (bicyclic) bond motifs is 1. The van der Waals surface area contributed by atoms with Crippen molar-refractivity contribution in [3.8, 4) is 0 Å². The summed E-state index contributed by atoms with van der Waals surface area (Å²) in [4.78, 5) is 29.1. The van der Waals surface area contributed by atoms with Crippen molar-refractivity contribution in [1.82, 2.24) is 20.1 Å². The first kappa shape index (κ1) is 18.4. The zero-order valence-corrected chi connectivity index (χ0v) is 16.5. The number of aryl methyl sites for hydroxylation is 1. The molecule has 2 N–H and O–H groups in total. The molecular weight excluding hydrogens is 422 g/mol. The van der Waals surface area contributed by atoms with E-state index in [2.05, 4.69) is 36.6 Å². The Kier molecular flexibility index (Phi) is 5.21. The van der Waals surface area contributed by atoms with Crippen LogP contribution in [0.1, 0.15) is 28.2 Å².